The third-order valence-electron chi connectivity index (χ3n) is 5.26. The molecule has 4 aromatic rings. The number of anilines is 2. The number of carboxylic acids is 1. The summed E-state index contributed by atoms with van der Waals surface area (Å²) in [7, 11) is 0. The summed E-state index contributed by atoms with van der Waals surface area (Å²) in [5.41, 5.74) is 0.119. The largest absolute Gasteiger partial charge is 0.482 e. The van der Waals surface area contributed by atoms with E-state index in [4.69, 9.17) is 9.84 Å². The lowest BCUT2D eigenvalue weighted by molar-refractivity contribution is -0.141. The lowest BCUT2D eigenvalue weighted by atomic mass is 9.97. The number of nitrogens with zero attached hydrogens (tertiary/aromatic N) is 3. The number of carbonyl (C=O) groups is 1. The van der Waals surface area contributed by atoms with Crippen LogP contribution >= 0.6 is 11.3 Å². The molecule has 12 heteroatoms. The van der Waals surface area contributed by atoms with Gasteiger partial charge in [0, 0.05) is 18.1 Å². The van der Waals surface area contributed by atoms with Crippen LogP contribution in [0.2, 0.25) is 0 Å². The first kappa shape index (κ1) is 26.0. The molecule has 2 heterocycles. The highest BCUT2D eigenvalue weighted by atomic mass is 32.1. The smallest absolute Gasteiger partial charge is 0.433 e. The Labute approximate surface area is 213 Å². The Morgan fingerprint density at radius 3 is 2.51 bits per heavy atom. The number of rotatable bonds is 8. The minimum atomic E-state index is -4.58. The van der Waals surface area contributed by atoms with Crippen LogP contribution in [-0.4, -0.2) is 37.7 Å². The molecule has 0 spiro atoms. The zero-order valence-corrected chi connectivity index (χ0v) is 20.4. The monoisotopic (exact) mass is 530 g/mol. The third-order valence-corrected chi connectivity index (χ3v) is 6.52. The van der Waals surface area contributed by atoms with Crippen molar-refractivity contribution in [1.29, 1.82) is 0 Å². The second kappa shape index (κ2) is 10.1. The van der Waals surface area contributed by atoms with Crippen molar-refractivity contribution in [2.75, 3.05) is 11.9 Å². The van der Waals surface area contributed by atoms with Crippen LogP contribution in [0.4, 0.5) is 24.8 Å². The van der Waals surface area contributed by atoms with Crippen molar-refractivity contribution < 1.29 is 32.9 Å². The van der Waals surface area contributed by atoms with Gasteiger partial charge < -0.3 is 20.3 Å². The Morgan fingerprint density at radius 2 is 1.84 bits per heavy atom. The fraction of sp³-hybridized carbons (Fsp3) is 0.200. The van der Waals surface area contributed by atoms with Crippen LogP contribution < -0.4 is 10.1 Å². The van der Waals surface area contributed by atoms with Gasteiger partial charge in [0.05, 0.1) is 4.88 Å². The molecule has 37 heavy (non-hydrogen) atoms. The summed E-state index contributed by atoms with van der Waals surface area (Å²) in [4.78, 5) is 23.2. The Kier molecular flexibility index (Phi) is 7.14. The second-order valence-electron chi connectivity index (χ2n) is 8.28. The molecule has 0 aliphatic rings. The molecule has 0 saturated carbocycles. The molecule has 0 bridgehead atoms. The maximum absolute atomic E-state index is 13.0. The molecule has 8 nitrogen and oxygen atoms in total. The van der Waals surface area contributed by atoms with E-state index < -0.39 is 30.0 Å². The summed E-state index contributed by atoms with van der Waals surface area (Å²) < 4.78 is 44.1. The van der Waals surface area contributed by atoms with Gasteiger partial charge in [0.25, 0.3) is 0 Å². The van der Waals surface area contributed by atoms with Crippen molar-refractivity contribution in [3.05, 3.63) is 82.8 Å². The number of aromatic nitrogens is 3. The number of hydrogen-bond donors (Lipinski definition) is 3. The summed E-state index contributed by atoms with van der Waals surface area (Å²) >= 11 is 1.26. The lowest BCUT2D eigenvalue weighted by Gasteiger charge is -2.21. The molecule has 1 atom stereocenters. The van der Waals surface area contributed by atoms with Gasteiger partial charge in [-0.3, -0.25) is 0 Å². The summed E-state index contributed by atoms with van der Waals surface area (Å²) in [6.45, 7) is 2.96. The standard InChI is InChI=1S/C25H21F3N4O4S/c1-14-9-15(11-17(10-14)31-23-29-8-7-20(32-23)25(26,27)28)19-12-30-22(37-19)24(2,35)16-3-5-18(6-4-16)36-13-21(33)34/h3-12,35H,13H2,1-2H3,(H,33,34)(H,29,31,32). The number of hydrogen-bond acceptors (Lipinski definition) is 8. The molecule has 0 saturated heterocycles. The fourth-order valence-corrected chi connectivity index (χ4v) is 4.45. The number of aryl methyl sites for hydroxylation is 1. The summed E-state index contributed by atoms with van der Waals surface area (Å²) in [6.07, 6.45) is -1.94. The van der Waals surface area contributed by atoms with Gasteiger partial charge in [0.15, 0.2) is 6.61 Å². The molecule has 2 aromatic heterocycles. The van der Waals surface area contributed by atoms with E-state index in [9.17, 15) is 23.1 Å². The molecule has 0 radical (unpaired) electrons. The van der Waals surface area contributed by atoms with Crippen LogP contribution in [0.3, 0.4) is 0 Å². The highest BCUT2D eigenvalue weighted by Gasteiger charge is 2.33. The zero-order valence-electron chi connectivity index (χ0n) is 19.6. The predicted molar refractivity (Wildman–Crippen MR) is 131 cm³/mol. The van der Waals surface area contributed by atoms with Crippen molar-refractivity contribution in [2.45, 2.75) is 25.6 Å². The first-order valence-corrected chi connectivity index (χ1v) is 11.7. The van der Waals surface area contributed by atoms with Crippen LogP contribution in [0.15, 0.2) is 60.9 Å². The van der Waals surface area contributed by atoms with E-state index in [1.54, 1.807) is 49.5 Å². The van der Waals surface area contributed by atoms with Gasteiger partial charge >= 0.3 is 12.1 Å². The number of alkyl halides is 3. The van der Waals surface area contributed by atoms with E-state index in [1.807, 2.05) is 13.0 Å². The number of benzene rings is 2. The maximum Gasteiger partial charge on any atom is 0.433 e. The molecule has 192 valence electrons. The molecule has 0 aliphatic carbocycles. The van der Waals surface area contributed by atoms with Crippen molar-refractivity contribution in [1.82, 2.24) is 15.0 Å². The van der Waals surface area contributed by atoms with Crippen LogP contribution in [0.5, 0.6) is 5.75 Å². The van der Waals surface area contributed by atoms with Crippen molar-refractivity contribution in [3.63, 3.8) is 0 Å². The highest BCUT2D eigenvalue weighted by Crippen LogP contribution is 2.37. The van der Waals surface area contributed by atoms with E-state index in [0.717, 1.165) is 28.3 Å². The van der Waals surface area contributed by atoms with Gasteiger partial charge in [-0.2, -0.15) is 13.2 Å². The summed E-state index contributed by atoms with van der Waals surface area (Å²) in [6, 6.07) is 12.6. The van der Waals surface area contributed by atoms with Crippen LogP contribution in [0.1, 0.15) is 28.8 Å². The van der Waals surface area contributed by atoms with E-state index in [-0.39, 0.29) is 5.95 Å². The van der Waals surface area contributed by atoms with Crippen molar-refractivity contribution >= 4 is 28.9 Å². The minimum Gasteiger partial charge on any atom is -0.482 e. The number of ether oxygens (including phenoxy) is 1. The lowest BCUT2D eigenvalue weighted by Crippen LogP contribution is -2.22. The molecule has 3 N–H and O–H groups in total. The van der Waals surface area contributed by atoms with Gasteiger partial charge in [0.2, 0.25) is 5.95 Å². The van der Waals surface area contributed by atoms with Crippen molar-refractivity contribution in [3.8, 4) is 16.2 Å². The molecular weight excluding hydrogens is 509 g/mol. The predicted octanol–water partition coefficient (Wildman–Crippen LogP) is 5.39. The maximum atomic E-state index is 13.0. The molecule has 2 aromatic carbocycles. The number of aliphatic hydroxyl groups is 1. The number of nitrogens with one attached hydrogen (secondary N) is 1. The number of thiazole rings is 1. The average molecular weight is 531 g/mol. The molecule has 0 fully saturated rings. The minimum absolute atomic E-state index is 0.185. The quantitative estimate of drug-likeness (QED) is 0.278. The van der Waals surface area contributed by atoms with Gasteiger partial charge in [-0.1, -0.05) is 18.2 Å². The van der Waals surface area contributed by atoms with Crippen molar-refractivity contribution in [2.24, 2.45) is 0 Å². The first-order chi connectivity index (χ1) is 17.4. The Balaban J connectivity index is 1.56. The zero-order chi connectivity index (χ0) is 26.8. The molecule has 0 amide bonds. The SMILES string of the molecule is Cc1cc(Nc2nccc(C(F)(F)F)n2)cc(-c2cnc(C(C)(O)c3ccc(OCC(=O)O)cc3)s2)c1. The fourth-order valence-electron chi connectivity index (χ4n) is 3.48. The van der Waals surface area contributed by atoms with Crippen LogP contribution in [-0.2, 0) is 16.6 Å². The van der Waals surface area contributed by atoms with Gasteiger partial charge in [-0.25, -0.2) is 19.7 Å². The Hall–Kier alpha value is -4.03. The molecule has 4 rings (SSSR count). The molecule has 1 unspecified atom stereocenters. The normalized spacial score (nSPS) is 13.1. The number of aliphatic carboxylic acids is 1. The molecule has 0 aliphatic heterocycles. The first-order valence-electron chi connectivity index (χ1n) is 10.8. The van der Waals surface area contributed by atoms with Gasteiger partial charge in [0.1, 0.15) is 22.1 Å². The van der Waals surface area contributed by atoms with Gasteiger partial charge in [-0.05, 0) is 60.9 Å². The Bertz CT molecular complexity index is 1420. The summed E-state index contributed by atoms with van der Waals surface area (Å²) in [5, 5.41) is 23.2. The summed E-state index contributed by atoms with van der Waals surface area (Å²) in [5.74, 6) is -0.926. The third kappa shape index (κ3) is 6.22. The van der Waals surface area contributed by atoms with E-state index in [0.29, 0.717) is 22.0 Å². The van der Waals surface area contributed by atoms with Crippen LogP contribution in [0.25, 0.3) is 10.4 Å². The number of halogens is 3. The topological polar surface area (TPSA) is 117 Å². The van der Waals surface area contributed by atoms with Gasteiger partial charge in [-0.15, -0.1) is 11.3 Å². The Morgan fingerprint density at radius 1 is 1.11 bits per heavy atom. The molecular formula is C25H21F3N4O4S. The van der Waals surface area contributed by atoms with E-state index in [1.165, 1.54) is 11.3 Å². The second-order valence-corrected chi connectivity index (χ2v) is 9.32. The number of carboxylic acid groups (broad SMARTS) is 1. The van der Waals surface area contributed by atoms with Crippen LogP contribution in [0, 0.1) is 6.92 Å². The van der Waals surface area contributed by atoms with E-state index in [2.05, 4.69) is 20.3 Å². The average Bonchev–Trinajstić information content (AvgIpc) is 3.34. The van der Waals surface area contributed by atoms with E-state index >= 15 is 0 Å². The highest BCUT2D eigenvalue weighted by molar-refractivity contribution is 7.15.